The number of hydrogen-bond acceptors (Lipinski definition) is 0. The second-order valence-corrected chi connectivity index (χ2v) is 6.17. The Morgan fingerprint density at radius 2 is 1.75 bits per heavy atom. The third-order valence-corrected chi connectivity index (χ3v) is 4.01. The number of rotatable bonds is 1. The minimum atomic E-state index is 0.502. The van der Waals surface area contributed by atoms with E-state index in [2.05, 4.69) is 64.7 Å². The summed E-state index contributed by atoms with van der Waals surface area (Å²) < 4.78 is 0. The van der Waals surface area contributed by atoms with Crippen LogP contribution in [0.1, 0.15) is 59.8 Å². The summed E-state index contributed by atoms with van der Waals surface area (Å²) in [6, 6.07) is 0. The van der Waals surface area contributed by atoms with Gasteiger partial charge in [-0.3, -0.25) is 0 Å². The van der Waals surface area contributed by atoms with Gasteiger partial charge in [0.2, 0.25) is 0 Å². The van der Waals surface area contributed by atoms with Gasteiger partial charge in [-0.2, -0.15) is 0 Å². The predicted octanol–water partition coefficient (Wildman–Crippen LogP) is 6.54. The maximum Gasteiger partial charge on any atom is -0.00225 e. The molecule has 0 amide bonds. The Kier molecular flexibility index (Phi) is 7.36. The van der Waals surface area contributed by atoms with Crippen LogP contribution in [0.15, 0.2) is 59.3 Å². The normalized spacial score (nSPS) is 22.4. The average molecular weight is 270 g/mol. The van der Waals surface area contributed by atoms with Crippen molar-refractivity contribution in [3.63, 3.8) is 0 Å². The van der Waals surface area contributed by atoms with Gasteiger partial charge in [-0.1, -0.05) is 59.3 Å². The molecule has 0 heteroatoms. The highest BCUT2D eigenvalue weighted by Crippen LogP contribution is 2.21. The second kappa shape index (κ2) is 8.79. The summed E-state index contributed by atoms with van der Waals surface area (Å²) in [6.07, 6.45) is 17.4. The van der Waals surface area contributed by atoms with Crippen molar-refractivity contribution >= 4 is 0 Å². The maximum atomic E-state index is 4.14. The van der Waals surface area contributed by atoms with Gasteiger partial charge < -0.3 is 0 Å². The first-order valence-electron chi connectivity index (χ1n) is 7.80. The van der Waals surface area contributed by atoms with Gasteiger partial charge >= 0.3 is 0 Å². The van der Waals surface area contributed by atoms with E-state index in [1.54, 1.807) is 0 Å². The van der Waals surface area contributed by atoms with Crippen LogP contribution in [0, 0.1) is 5.92 Å². The van der Waals surface area contributed by atoms with Crippen molar-refractivity contribution in [3.8, 4) is 0 Å². The molecule has 0 aromatic heterocycles. The Bertz CT molecular complexity index is 441. The first-order valence-corrected chi connectivity index (χ1v) is 7.80. The molecule has 110 valence electrons. The van der Waals surface area contributed by atoms with Crippen LogP contribution in [0.5, 0.6) is 0 Å². The van der Waals surface area contributed by atoms with Gasteiger partial charge in [0.1, 0.15) is 0 Å². The summed E-state index contributed by atoms with van der Waals surface area (Å²) in [5, 5.41) is 0. The molecule has 20 heavy (non-hydrogen) atoms. The zero-order chi connectivity index (χ0) is 15.0. The molecule has 0 radical (unpaired) electrons. The molecule has 0 saturated carbocycles. The monoisotopic (exact) mass is 270 g/mol. The Morgan fingerprint density at radius 3 is 2.45 bits per heavy atom. The van der Waals surface area contributed by atoms with Crippen LogP contribution in [-0.2, 0) is 0 Å². The molecule has 1 rings (SSSR count). The Morgan fingerprint density at radius 1 is 1.05 bits per heavy atom. The molecule has 0 aromatic rings. The van der Waals surface area contributed by atoms with Crippen LogP contribution in [0.3, 0.4) is 0 Å². The van der Waals surface area contributed by atoms with E-state index < -0.39 is 0 Å². The fourth-order valence-electron chi connectivity index (χ4n) is 2.42. The van der Waals surface area contributed by atoms with Crippen molar-refractivity contribution in [2.24, 2.45) is 5.92 Å². The van der Waals surface area contributed by atoms with E-state index in [4.69, 9.17) is 0 Å². The van der Waals surface area contributed by atoms with E-state index in [1.165, 1.54) is 48.0 Å². The molecule has 1 aliphatic carbocycles. The average Bonchev–Trinajstić information content (AvgIpc) is 2.37. The predicted molar refractivity (Wildman–Crippen MR) is 91.8 cm³/mol. The van der Waals surface area contributed by atoms with Crippen LogP contribution >= 0.6 is 0 Å². The van der Waals surface area contributed by atoms with E-state index in [1.807, 2.05) is 0 Å². The zero-order valence-electron chi connectivity index (χ0n) is 13.7. The second-order valence-electron chi connectivity index (χ2n) is 6.17. The molecule has 0 bridgehead atoms. The molecular weight excluding hydrogens is 240 g/mol. The maximum absolute atomic E-state index is 4.14. The van der Waals surface area contributed by atoms with Gasteiger partial charge in [0, 0.05) is 0 Å². The van der Waals surface area contributed by atoms with Gasteiger partial charge in [0.15, 0.2) is 0 Å². The molecule has 0 aromatic carbocycles. The van der Waals surface area contributed by atoms with Gasteiger partial charge in [-0.25, -0.2) is 0 Å². The van der Waals surface area contributed by atoms with Gasteiger partial charge in [-0.15, -0.1) is 0 Å². The van der Waals surface area contributed by atoms with E-state index >= 15 is 0 Å². The molecule has 0 fully saturated rings. The highest BCUT2D eigenvalue weighted by atomic mass is 14.1. The van der Waals surface area contributed by atoms with Crippen LogP contribution in [0.25, 0.3) is 0 Å². The van der Waals surface area contributed by atoms with Crippen LogP contribution in [-0.4, -0.2) is 0 Å². The van der Waals surface area contributed by atoms with Crippen molar-refractivity contribution in [2.75, 3.05) is 0 Å². The summed E-state index contributed by atoms with van der Waals surface area (Å²) in [4.78, 5) is 0. The van der Waals surface area contributed by atoms with Gasteiger partial charge in [-0.05, 0) is 65.7 Å². The molecule has 0 nitrogen and oxygen atoms in total. The molecule has 0 N–H and O–H groups in total. The Labute approximate surface area is 125 Å². The van der Waals surface area contributed by atoms with Gasteiger partial charge in [0.05, 0.1) is 0 Å². The highest BCUT2D eigenvalue weighted by molar-refractivity contribution is 5.21. The molecule has 0 spiro atoms. The third-order valence-electron chi connectivity index (χ3n) is 4.01. The molecule has 0 saturated heterocycles. The molecule has 1 aliphatic rings. The summed E-state index contributed by atoms with van der Waals surface area (Å²) in [5.74, 6) is 0.502. The van der Waals surface area contributed by atoms with Crippen molar-refractivity contribution in [2.45, 2.75) is 59.8 Å². The van der Waals surface area contributed by atoms with Crippen LogP contribution < -0.4 is 0 Å². The van der Waals surface area contributed by atoms with Crippen molar-refractivity contribution < 1.29 is 0 Å². The lowest BCUT2D eigenvalue weighted by Gasteiger charge is -2.13. The Hall–Kier alpha value is -1.30. The summed E-state index contributed by atoms with van der Waals surface area (Å²) >= 11 is 0. The fourth-order valence-corrected chi connectivity index (χ4v) is 2.42. The first kappa shape index (κ1) is 16.8. The molecule has 0 aliphatic heterocycles. The standard InChI is InChI=1S/C20H30/c1-16(2)20-14-12-18(4)10-6-8-17(3)9-7-11-19(5)13-15-20/h8,10-12,14,20H,1,6-7,9,13,15H2,2-5H3/t20-/m1/s1. The smallest absolute Gasteiger partial charge is 0.00225 e. The van der Waals surface area contributed by atoms with Crippen molar-refractivity contribution in [1.29, 1.82) is 0 Å². The first-order chi connectivity index (χ1) is 9.49. The topological polar surface area (TPSA) is 0 Å². The number of hydrogen-bond donors (Lipinski definition) is 0. The lowest BCUT2D eigenvalue weighted by Crippen LogP contribution is -1.98. The molecule has 0 unspecified atom stereocenters. The summed E-state index contributed by atoms with van der Waals surface area (Å²) in [6.45, 7) is 13.0. The van der Waals surface area contributed by atoms with Gasteiger partial charge in [0.25, 0.3) is 0 Å². The van der Waals surface area contributed by atoms with E-state index in [0.717, 1.165) is 6.42 Å². The number of allylic oxidation sites excluding steroid dienone is 9. The van der Waals surface area contributed by atoms with E-state index in [-0.39, 0.29) is 0 Å². The van der Waals surface area contributed by atoms with Crippen LogP contribution in [0.2, 0.25) is 0 Å². The quantitative estimate of drug-likeness (QED) is 0.475. The largest absolute Gasteiger partial charge is 0.0995 e. The van der Waals surface area contributed by atoms with Crippen molar-refractivity contribution in [3.05, 3.63) is 59.3 Å². The lowest BCUT2D eigenvalue weighted by atomic mass is 9.92. The third kappa shape index (κ3) is 6.75. The molecular formula is C20H30. The lowest BCUT2D eigenvalue weighted by molar-refractivity contribution is 0.668. The highest BCUT2D eigenvalue weighted by Gasteiger charge is 2.06. The van der Waals surface area contributed by atoms with E-state index in [0.29, 0.717) is 5.92 Å². The fraction of sp³-hybridized carbons (Fsp3) is 0.500. The molecule has 0 heterocycles. The van der Waals surface area contributed by atoms with E-state index in [9.17, 15) is 0 Å². The summed E-state index contributed by atoms with van der Waals surface area (Å²) in [5.41, 5.74) is 5.63. The SMILES string of the molecule is C=C(C)[C@@H]1C=CC(C)=CCC=C(C)CCC=C(C)CC1. The summed E-state index contributed by atoms with van der Waals surface area (Å²) in [7, 11) is 0. The van der Waals surface area contributed by atoms with Crippen molar-refractivity contribution in [1.82, 2.24) is 0 Å². The minimum absolute atomic E-state index is 0.502. The Balaban J connectivity index is 2.88. The zero-order valence-corrected chi connectivity index (χ0v) is 13.7. The molecule has 1 atom stereocenters. The minimum Gasteiger partial charge on any atom is -0.0995 e. The van der Waals surface area contributed by atoms with Crippen LogP contribution in [0.4, 0.5) is 0 Å².